The first-order valence-electron chi connectivity index (χ1n) is 9.29. The summed E-state index contributed by atoms with van der Waals surface area (Å²) in [5, 5.41) is 30.2. The zero-order valence-electron chi connectivity index (χ0n) is 15.4. The van der Waals surface area contributed by atoms with Gasteiger partial charge in [-0.05, 0) is 75.0 Å². The summed E-state index contributed by atoms with van der Waals surface area (Å²) >= 11 is 0. The van der Waals surface area contributed by atoms with Gasteiger partial charge in [0.2, 0.25) is 0 Å². The molecular weight excluding hydrogens is 288 g/mol. The number of allylic oxidation sites excluding steroid dienone is 1. The van der Waals surface area contributed by atoms with Crippen LogP contribution in [0.3, 0.4) is 0 Å². The largest absolute Gasteiger partial charge is 0.396 e. The van der Waals surface area contributed by atoms with Crippen molar-refractivity contribution in [2.45, 2.75) is 78.2 Å². The van der Waals surface area contributed by atoms with Gasteiger partial charge in [-0.2, -0.15) is 0 Å². The van der Waals surface area contributed by atoms with E-state index in [9.17, 15) is 10.2 Å². The van der Waals surface area contributed by atoms with Crippen molar-refractivity contribution >= 4 is 0 Å². The predicted molar refractivity (Wildman–Crippen MR) is 94.1 cm³/mol. The van der Waals surface area contributed by atoms with Crippen molar-refractivity contribution < 1.29 is 15.3 Å². The van der Waals surface area contributed by atoms with Gasteiger partial charge < -0.3 is 15.3 Å². The van der Waals surface area contributed by atoms with Crippen molar-refractivity contribution in [1.29, 1.82) is 0 Å². The molecule has 5 atom stereocenters. The molecule has 134 valence electrons. The van der Waals surface area contributed by atoms with Gasteiger partial charge in [-0.25, -0.2) is 0 Å². The number of rotatable bonds is 5. The van der Waals surface area contributed by atoms with E-state index in [-0.39, 0.29) is 30.0 Å². The van der Waals surface area contributed by atoms with Crippen LogP contribution >= 0.6 is 0 Å². The van der Waals surface area contributed by atoms with Gasteiger partial charge >= 0.3 is 0 Å². The van der Waals surface area contributed by atoms with Crippen LogP contribution in [0.25, 0.3) is 0 Å². The fourth-order valence-electron chi connectivity index (χ4n) is 5.89. The van der Waals surface area contributed by atoms with Crippen molar-refractivity contribution in [3.63, 3.8) is 0 Å². The summed E-state index contributed by atoms with van der Waals surface area (Å²) in [6.07, 6.45) is 9.00. The Morgan fingerprint density at radius 1 is 1.13 bits per heavy atom. The van der Waals surface area contributed by atoms with Crippen LogP contribution in [-0.2, 0) is 0 Å². The Morgan fingerprint density at radius 3 is 2.43 bits per heavy atom. The lowest BCUT2D eigenvalue weighted by molar-refractivity contribution is -0.179. The maximum absolute atomic E-state index is 11.1. The summed E-state index contributed by atoms with van der Waals surface area (Å²) in [5.74, 6) is 0.739. The highest BCUT2D eigenvalue weighted by Crippen LogP contribution is 2.62. The van der Waals surface area contributed by atoms with Crippen LogP contribution in [0.2, 0.25) is 0 Å². The lowest BCUT2D eigenvalue weighted by Gasteiger charge is -2.61. The fraction of sp³-hybridized carbons (Fsp3) is 0.900. The average molecular weight is 325 g/mol. The van der Waals surface area contributed by atoms with Crippen LogP contribution in [0, 0.1) is 22.7 Å². The van der Waals surface area contributed by atoms with Crippen molar-refractivity contribution in [2.24, 2.45) is 22.7 Å². The minimum atomic E-state index is -0.627. The molecule has 0 unspecified atom stereocenters. The molecule has 23 heavy (non-hydrogen) atoms. The second-order valence-corrected chi connectivity index (χ2v) is 8.94. The van der Waals surface area contributed by atoms with Gasteiger partial charge in [0.15, 0.2) is 0 Å². The summed E-state index contributed by atoms with van der Waals surface area (Å²) < 4.78 is 0. The number of hydrogen-bond acceptors (Lipinski definition) is 3. The van der Waals surface area contributed by atoms with Crippen LogP contribution < -0.4 is 0 Å². The van der Waals surface area contributed by atoms with E-state index in [2.05, 4.69) is 20.8 Å². The van der Waals surface area contributed by atoms with E-state index in [1.165, 1.54) is 5.57 Å². The van der Waals surface area contributed by atoms with E-state index in [1.54, 1.807) is 0 Å². The maximum Gasteiger partial charge on any atom is 0.0653 e. The molecule has 2 rings (SSSR count). The normalized spacial score (nSPS) is 44.9. The topological polar surface area (TPSA) is 60.7 Å². The van der Waals surface area contributed by atoms with Gasteiger partial charge in [-0.15, -0.1) is 0 Å². The van der Waals surface area contributed by atoms with Crippen molar-refractivity contribution in [3.05, 3.63) is 11.6 Å². The summed E-state index contributed by atoms with van der Waals surface area (Å²) in [7, 11) is 0. The van der Waals surface area contributed by atoms with Gasteiger partial charge in [-0.3, -0.25) is 0 Å². The Kier molecular flexibility index (Phi) is 5.65. The van der Waals surface area contributed by atoms with E-state index >= 15 is 0 Å². The first kappa shape index (κ1) is 19.0. The van der Waals surface area contributed by atoms with E-state index in [0.29, 0.717) is 5.92 Å². The third-order valence-electron chi connectivity index (χ3n) is 7.21. The maximum atomic E-state index is 11.1. The third kappa shape index (κ3) is 3.52. The zero-order valence-corrected chi connectivity index (χ0v) is 15.4. The molecule has 0 heterocycles. The van der Waals surface area contributed by atoms with Gasteiger partial charge in [0.05, 0.1) is 12.2 Å². The van der Waals surface area contributed by atoms with Crippen molar-refractivity contribution in [1.82, 2.24) is 0 Å². The van der Waals surface area contributed by atoms with Gasteiger partial charge in [-0.1, -0.05) is 31.9 Å². The molecule has 0 bridgehead atoms. The summed E-state index contributed by atoms with van der Waals surface area (Å²) in [5.41, 5.74) is 0.669. The Bertz CT molecular complexity index is 442. The number of fused-ring (bicyclic) bond motifs is 1. The second kappa shape index (κ2) is 6.85. The highest BCUT2D eigenvalue weighted by Gasteiger charge is 2.58. The van der Waals surface area contributed by atoms with Gasteiger partial charge in [0, 0.05) is 6.61 Å². The molecule has 0 aromatic rings. The van der Waals surface area contributed by atoms with Crippen LogP contribution in [0.5, 0.6) is 0 Å². The van der Waals surface area contributed by atoms with E-state index in [4.69, 9.17) is 5.11 Å². The molecule has 0 radical (unpaired) electrons. The first-order chi connectivity index (χ1) is 10.7. The Hall–Kier alpha value is -0.380. The van der Waals surface area contributed by atoms with E-state index in [1.807, 2.05) is 13.0 Å². The molecule has 2 aliphatic rings. The molecule has 0 aromatic carbocycles. The number of aliphatic hydroxyl groups excluding tert-OH is 2. The molecule has 0 saturated heterocycles. The summed E-state index contributed by atoms with van der Waals surface area (Å²) in [4.78, 5) is 0. The molecule has 3 nitrogen and oxygen atoms in total. The zero-order chi connectivity index (χ0) is 17.3. The molecule has 3 N–H and O–H groups in total. The SMILES string of the molecule is C/C(=C/CO)CC[C@H]1[C@]2(C)CCC[C@@](C)(CO)[C@H]2CC[C@]1(C)O. The molecule has 0 amide bonds. The van der Waals surface area contributed by atoms with Crippen molar-refractivity contribution in [3.8, 4) is 0 Å². The Labute approximate surface area is 141 Å². The van der Waals surface area contributed by atoms with Crippen LogP contribution in [-0.4, -0.2) is 34.1 Å². The molecule has 2 fully saturated rings. The molecule has 0 aliphatic heterocycles. The quantitative estimate of drug-likeness (QED) is 0.676. The minimum Gasteiger partial charge on any atom is -0.396 e. The third-order valence-corrected chi connectivity index (χ3v) is 7.21. The molecule has 0 aromatic heterocycles. The fourth-order valence-corrected chi connectivity index (χ4v) is 5.89. The predicted octanol–water partition coefficient (Wildman–Crippen LogP) is 3.67. The highest BCUT2D eigenvalue weighted by molar-refractivity contribution is 5.09. The average Bonchev–Trinajstić information content (AvgIpc) is 2.46. The number of hydrogen-bond donors (Lipinski definition) is 3. The molecule has 0 spiro atoms. The van der Waals surface area contributed by atoms with Crippen LogP contribution in [0.1, 0.15) is 72.6 Å². The minimum absolute atomic E-state index is 0.00225. The van der Waals surface area contributed by atoms with Gasteiger partial charge in [0.25, 0.3) is 0 Å². The highest BCUT2D eigenvalue weighted by atomic mass is 16.3. The molecule has 3 heteroatoms. The number of aliphatic hydroxyl groups is 3. The first-order valence-corrected chi connectivity index (χ1v) is 9.29. The molecule has 2 aliphatic carbocycles. The Balaban J connectivity index is 2.27. The van der Waals surface area contributed by atoms with Crippen LogP contribution in [0.4, 0.5) is 0 Å². The Morgan fingerprint density at radius 2 is 1.83 bits per heavy atom. The molecular formula is C20H36O3. The monoisotopic (exact) mass is 324 g/mol. The standard InChI is InChI=1S/C20H36O3/c1-15(9-13-21)6-7-17-19(3)11-5-10-18(2,14-22)16(19)8-12-20(17,4)23/h9,16-17,21-23H,5-8,10-14H2,1-4H3/b15-9-/t16-,17+,18+,19-,20+/m1/s1. The van der Waals surface area contributed by atoms with E-state index in [0.717, 1.165) is 44.9 Å². The summed E-state index contributed by atoms with van der Waals surface area (Å²) in [6.45, 7) is 9.01. The molecule has 2 saturated carbocycles. The van der Waals surface area contributed by atoms with Crippen LogP contribution in [0.15, 0.2) is 11.6 Å². The van der Waals surface area contributed by atoms with Gasteiger partial charge in [0.1, 0.15) is 0 Å². The van der Waals surface area contributed by atoms with Crippen molar-refractivity contribution in [2.75, 3.05) is 13.2 Å². The lowest BCUT2D eigenvalue weighted by atomic mass is 9.45. The van der Waals surface area contributed by atoms with E-state index < -0.39 is 5.60 Å². The second-order valence-electron chi connectivity index (χ2n) is 8.94. The lowest BCUT2D eigenvalue weighted by Crippen LogP contribution is -2.58. The summed E-state index contributed by atoms with van der Waals surface area (Å²) in [6, 6.07) is 0. The smallest absolute Gasteiger partial charge is 0.0653 e.